The molecular weight excluding hydrogens is 438 g/mol. The fourth-order valence-corrected chi connectivity index (χ4v) is 5.65. The minimum Gasteiger partial charge on any atom is -0.453 e. The molecule has 0 bridgehead atoms. The average Bonchev–Trinajstić information content (AvgIpc) is 2.86. The number of rotatable bonds is 7. The van der Waals surface area contributed by atoms with Gasteiger partial charge < -0.3 is 14.8 Å². The molecule has 0 unspecified atom stereocenters. The lowest BCUT2D eigenvalue weighted by atomic mass is 10.2. The van der Waals surface area contributed by atoms with E-state index in [0.717, 1.165) is 51.5 Å². The number of anilines is 3. The molecule has 0 aliphatic carbocycles. The predicted octanol–water partition coefficient (Wildman–Crippen LogP) is 4.45. The smallest absolute Gasteiger partial charge is 0.268 e. The molecule has 1 fully saturated rings. The number of para-hydroxylation sites is 4. The third kappa shape index (κ3) is 4.55. The number of hydrogen-bond donors (Lipinski definition) is 1. The van der Waals surface area contributed by atoms with Crippen LogP contribution in [0.1, 0.15) is 6.42 Å². The van der Waals surface area contributed by atoms with Crippen LogP contribution in [0.3, 0.4) is 0 Å². The van der Waals surface area contributed by atoms with E-state index in [0.29, 0.717) is 22.9 Å². The van der Waals surface area contributed by atoms with Crippen LogP contribution >= 0.6 is 0 Å². The summed E-state index contributed by atoms with van der Waals surface area (Å²) in [6.45, 7) is 5.44. The van der Waals surface area contributed by atoms with Crippen molar-refractivity contribution >= 4 is 27.1 Å². The highest BCUT2D eigenvalue weighted by Gasteiger charge is 2.34. The number of nitrogens with one attached hydrogen (secondary N) is 1. The largest absolute Gasteiger partial charge is 0.453 e. The van der Waals surface area contributed by atoms with Crippen molar-refractivity contribution in [2.45, 2.75) is 11.3 Å². The van der Waals surface area contributed by atoms with E-state index in [4.69, 9.17) is 9.47 Å². The minimum atomic E-state index is -3.84. The Morgan fingerprint density at radius 2 is 1.42 bits per heavy atom. The first-order valence-corrected chi connectivity index (χ1v) is 12.6. The third-order valence-electron chi connectivity index (χ3n) is 5.86. The van der Waals surface area contributed by atoms with Gasteiger partial charge in [0.05, 0.1) is 18.1 Å². The molecule has 2 heterocycles. The zero-order valence-electron chi connectivity index (χ0n) is 18.3. The molecule has 1 N–H and O–H groups in total. The van der Waals surface area contributed by atoms with Gasteiger partial charge in [0.1, 0.15) is 11.4 Å². The van der Waals surface area contributed by atoms with Gasteiger partial charge in [-0.05, 0) is 61.5 Å². The molecule has 0 amide bonds. The SMILES string of the molecule is O=S(=O)(c1ccc(NCCCN2CCOCC2)cc1)N1c2ccccc2Oc2ccccc21. The highest BCUT2D eigenvalue weighted by Crippen LogP contribution is 2.48. The van der Waals surface area contributed by atoms with Crippen LogP contribution in [0.5, 0.6) is 11.5 Å². The summed E-state index contributed by atoms with van der Waals surface area (Å²) in [5.41, 5.74) is 1.90. The summed E-state index contributed by atoms with van der Waals surface area (Å²) < 4.78 is 40.1. The average molecular weight is 466 g/mol. The Bertz CT molecular complexity index is 1160. The van der Waals surface area contributed by atoms with E-state index in [2.05, 4.69) is 10.2 Å². The number of nitrogens with zero attached hydrogens (tertiary/aromatic N) is 2. The Morgan fingerprint density at radius 3 is 2.06 bits per heavy atom. The van der Waals surface area contributed by atoms with E-state index in [1.807, 2.05) is 36.4 Å². The number of hydrogen-bond acceptors (Lipinski definition) is 6. The lowest BCUT2D eigenvalue weighted by Gasteiger charge is -2.31. The number of morpholine rings is 1. The van der Waals surface area contributed by atoms with Crippen molar-refractivity contribution < 1.29 is 17.9 Å². The molecule has 3 aromatic carbocycles. The first-order valence-electron chi connectivity index (χ1n) is 11.2. The van der Waals surface area contributed by atoms with E-state index < -0.39 is 10.0 Å². The Labute approximate surface area is 194 Å². The second-order valence-corrected chi connectivity index (χ2v) is 9.85. The van der Waals surface area contributed by atoms with Gasteiger partial charge in [0, 0.05) is 25.3 Å². The second-order valence-electron chi connectivity index (χ2n) is 8.07. The standard InChI is InChI=1S/C25H27N3O4S/c29-33(30,28-22-6-1-3-8-24(22)32-25-9-4-2-7-23(25)28)21-12-10-20(11-13-21)26-14-5-15-27-16-18-31-19-17-27/h1-4,6-13,26H,5,14-19H2. The number of fused-ring (bicyclic) bond motifs is 2. The van der Waals surface area contributed by atoms with E-state index in [9.17, 15) is 8.42 Å². The van der Waals surface area contributed by atoms with Gasteiger partial charge in [0.25, 0.3) is 10.0 Å². The van der Waals surface area contributed by atoms with Crippen molar-refractivity contribution in [2.75, 3.05) is 49.0 Å². The van der Waals surface area contributed by atoms with E-state index in [1.54, 1.807) is 36.4 Å². The van der Waals surface area contributed by atoms with Gasteiger partial charge in [-0.1, -0.05) is 24.3 Å². The van der Waals surface area contributed by atoms with Crippen LogP contribution in [-0.4, -0.2) is 52.7 Å². The van der Waals surface area contributed by atoms with Crippen molar-refractivity contribution in [3.05, 3.63) is 72.8 Å². The second kappa shape index (κ2) is 9.43. The predicted molar refractivity (Wildman–Crippen MR) is 129 cm³/mol. The van der Waals surface area contributed by atoms with Gasteiger partial charge >= 0.3 is 0 Å². The van der Waals surface area contributed by atoms with Crippen LogP contribution in [0.15, 0.2) is 77.7 Å². The van der Waals surface area contributed by atoms with Gasteiger partial charge in [-0.15, -0.1) is 0 Å². The fraction of sp³-hybridized carbons (Fsp3) is 0.280. The molecule has 0 aromatic heterocycles. The fourth-order valence-electron chi connectivity index (χ4n) is 4.14. The number of ether oxygens (including phenoxy) is 2. The molecule has 0 radical (unpaired) electrons. The van der Waals surface area contributed by atoms with Gasteiger partial charge in [-0.2, -0.15) is 0 Å². The van der Waals surface area contributed by atoms with Crippen molar-refractivity contribution in [1.82, 2.24) is 4.90 Å². The third-order valence-corrected chi connectivity index (χ3v) is 7.61. The van der Waals surface area contributed by atoms with Crippen molar-refractivity contribution in [3.63, 3.8) is 0 Å². The summed E-state index contributed by atoms with van der Waals surface area (Å²) in [5.74, 6) is 1.02. The maximum absolute atomic E-state index is 13.7. The summed E-state index contributed by atoms with van der Waals surface area (Å²) in [5, 5.41) is 3.39. The van der Waals surface area contributed by atoms with Crippen LogP contribution in [-0.2, 0) is 14.8 Å². The van der Waals surface area contributed by atoms with Crippen LogP contribution in [0.25, 0.3) is 0 Å². The normalized spacial score (nSPS) is 15.9. The molecule has 2 aliphatic rings. The highest BCUT2D eigenvalue weighted by molar-refractivity contribution is 7.93. The summed E-state index contributed by atoms with van der Waals surface area (Å²) in [6.07, 6.45) is 1.02. The van der Waals surface area contributed by atoms with Gasteiger partial charge in [0.2, 0.25) is 0 Å². The van der Waals surface area contributed by atoms with Crippen LogP contribution in [0.4, 0.5) is 17.1 Å². The molecular formula is C25H27N3O4S. The molecule has 5 rings (SSSR count). The monoisotopic (exact) mass is 465 g/mol. The van der Waals surface area contributed by atoms with Crippen LogP contribution in [0, 0.1) is 0 Å². The molecule has 172 valence electrons. The summed E-state index contributed by atoms with van der Waals surface area (Å²) >= 11 is 0. The van der Waals surface area contributed by atoms with Crippen LogP contribution < -0.4 is 14.4 Å². The van der Waals surface area contributed by atoms with E-state index in [-0.39, 0.29) is 4.90 Å². The topological polar surface area (TPSA) is 71.1 Å². The Kier molecular flexibility index (Phi) is 6.22. The molecule has 0 spiro atoms. The Morgan fingerprint density at radius 1 is 0.818 bits per heavy atom. The highest BCUT2D eigenvalue weighted by atomic mass is 32.2. The maximum Gasteiger partial charge on any atom is 0.268 e. The minimum absolute atomic E-state index is 0.230. The summed E-state index contributed by atoms with van der Waals surface area (Å²) in [6, 6.07) is 21.3. The van der Waals surface area contributed by atoms with Crippen molar-refractivity contribution in [1.29, 1.82) is 0 Å². The van der Waals surface area contributed by atoms with Gasteiger partial charge in [-0.25, -0.2) is 12.7 Å². The molecule has 33 heavy (non-hydrogen) atoms. The zero-order valence-corrected chi connectivity index (χ0v) is 19.1. The quantitative estimate of drug-likeness (QED) is 0.520. The van der Waals surface area contributed by atoms with Crippen molar-refractivity contribution in [2.24, 2.45) is 0 Å². The maximum atomic E-state index is 13.7. The summed E-state index contributed by atoms with van der Waals surface area (Å²) in [4.78, 5) is 2.63. The molecule has 0 atom stereocenters. The van der Waals surface area contributed by atoms with E-state index >= 15 is 0 Å². The lowest BCUT2D eigenvalue weighted by molar-refractivity contribution is 0.0378. The summed E-state index contributed by atoms with van der Waals surface area (Å²) in [7, 11) is -3.84. The lowest BCUT2D eigenvalue weighted by Crippen LogP contribution is -2.37. The Balaban J connectivity index is 1.31. The number of sulfonamides is 1. The molecule has 2 aliphatic heterocycles. The van der Waals surface area contributed by atoms with Crippen LogP contribution in [0.2, 0.25) is 0 Å². The first kappa shape index (κ1) is 21.8. The molecule has 7 nitrogen and oxygen atoms in total. The molecule has 0 saturated carbocycles. The van der Waals surface area contributed by atoms with Gasteiger partial charge in [-0.3, -0.25) is 4.90 Å². The number of benzene rings is 3. The zero-order chi connectivity index (χ0) is 22.7. The first-order chi connectivity index (χ1) is 16.1. The van der Waals surface area contributed by atoms with Gasteiger partial charge in [0.15, 0.2) is 11.5 Å². The molecule has 3 aromatic rings. The molecule has 1 saturated heterocycles. The molecule has 8 heteroatoms. The van der Waals surface area contributed by atoms with E-state index in [1.165, 1.54) is 4.31 Å². The van der Waals surface area contributed by atoms with Crippen molar-refractivity contribution in [3.8, 4) is 11.5 Å². The Hall–Kier alpha value is -3.07.